The molecule has 0 aliphatic rings. The van der Waals surface area contributed by atoms with Crippen LogP contribution in [0.25, 0.3) is 0 Å². The van der Waals surface area contributed by atoms with Gasteiger partial charge in [0.05, 0.1) is 11.1 Å². The normalized spacial score (nSPS) is 12.2. The van der Waals surface area contributed by atoms with E-state index in [1.54, 1.807) is 0 Å². The first-order chi connectivity index (χ1) is 9.67. The Balaban J connectivity index is 2.37. The van der Waals surface area contributed by atoms with Crippen molar-refractivity contribution in [2.45, 2.75) is 51.5 Å². The number of hydrogen-bond acceptors (Lipinski definition) is 2. The monoisotopic (exact) mass is 339 g/mol. The molecular weight excluding hydrogens is 314 g/mol. The zero-order chi connectivity index (χ0) is 14.8. The van der Waals surface area contributed by atoms with Crippen LogP contribution in [0.1, 0.15) is 44.6 Å². The molecule has 0 bridgehead atoms. The lowest BCUT2D eigenvalue weighted by Crippen LogP contribution is -2.21. The molecule has 3 heteroatoms. The molecule has 0 amide bonds. The second kappa shape index (κ2) is 10.0. The Kier molecular flexibility index (Phi) is 8.63. The number of hydrogen-bond donors (Lipinski definition) is 1. The largest absolute Gasteiger partial charge is 0.492 e. The van der Waals surface area contributed by atoms with Crippen molar-refractivity contribution in [3.8, 4) is 5.75 Å². The van der Waals surface area contributed by atoms with Crippen molar-refractivity contribution in [2.24, 2.45) is 5.73 Å². The minimum Gasteiger partial charge on any atom is -0.492 e. The Morgan fingerprint density at radius 3 is 2.80 bits per heavy atom. The van der Waals surface area contributed by atoms with E-state index >= 15 is 0 Å². The van der Waals surface area contributed by atoms with Crippen molar-refractivity contribution < 1.29 is 4.74 Å². The minimum atomic E-state index is 0.235. The van der Waals surface area contributed by atoms with Crippen molar-refractivity contribution in [3.63, 3.8) is 0 Å². The van der Waals surface area contributed by atoms with E-state index in [0.29, 0.717) is 0 Å². The molecule has 1 atom stereocenters. The molecule has 0 spiro atoms. The molecule has 112 valence electrons. The minimum absolute atomic E-state index is 0.235. The standard InChI is InChI=1S/C17H26BrNO/c1-3-5-6-7-8-11-20-17-10-9-14(13-16(17)18)12-15(19)4-2/h3,9-10,13,15H,1,4-8,11-12,19H2,2H3. The molecule has 2 nitrogen and oxygen atoms in total. The maximum atomic E-state index is 5.98. The topological polar surface area (TPSA) is 35.2 Å². The summed E-state index contributed by atoms with van der Waals surface area (Å²) >= 11 is 3.57. The van der Waals surface area contributed by atoms with Gasteiger partial charge in [-0.1, -0.05) is 19.1 Å². The van der Waals surface area contributed by atoms with Gasteiger partial charge in [0.1, 0.15) is 5.75 Å². The number of benzene rings is 1. The van der Waals surface area contributed by atoms with E-state index < -0.39 is 0 Å². The summed E-state index contributed by atoms with van der Waals surface area (Å²) in [6.07, 6.45) is 8.45. The number of unbranched alkanes of at least 4 members (excludes halogenated alkanes) is 3. The van der Waals surface area contributed by atoms with Crippen LogP contribution in [-0.2, 0) is 6.42 Å². The molecule has 0 aliphatic heterocycles. The second-order valence-corrected chi connectivity index (χ2v) is 5.98. The van der Waals surface area contributed by atoms with Gasteiger partial charge in [-0.25, -0.2) is 0 Å². The molecule has 0 aliphatic carbocycles. The lowest BCUT2D eigenvalue weighted by Gasteiger charge is -2.12. The van der Waals surface area contributed by atoms with Gasteiger partial charge in [0.25, 0.3) is 0 Å². The fourth-order valence-corrected chi connectivity index (χ4v) is 2.53. The van der Waals surface area contributed by atoms with Gasteiger partial charge in [0.15, 0.2) is 0 Å². The Morgan fingerprint density at radius 2 is 2.15 bits per heavy atom. The first-order valence-electron chi connectivity index (χ1n) is 7.45. The highest BCUT2D eigenvalue weighted by molar-refractivity contribution is 9.10. The Bertz CT molecular complexity index is 406. The summed E-state index contributed by atoms with van der Waals surface area (Å²) in [5.74, 6) is 0.919. The van der Waals surface area contributed by atoms with Crippen LogP contribution in [0, 0.1) is 0 Å². The van der Waals surface area contributed by atoms with Crippen LogP contribution >= 0.6 is 15.9 Å². The Labute approximate surface area is 131 Å². The van der Waals surface area contributed by atoms with E-state index in [0.717, 1.165) is 42.5 Å². The predicted octanol–water partition coefficient (Wildman–Crippen LogP) is 4.85. The van der Waals surface area contributed by atoms with Crippen molar-refractivity contribution in [1.82, 2.24) is 0 Å². The van der Waals surface area contributed by atoms with Crippen molar-refractivity contribution >= 4 is 15.9 Å². The third-order valence-corrected chi connectivity index (χ3v) is 3.95. The highest BCUT2D eigenvalue weighted by Gasteiger charge is 2.06. The van der Waals surface area contributed by atoms with Crippen LogP contribution in [0.4, 0.5) is 0 Å². The first kappa shape index (κ1) is 17.3. The van der Waals surface area contributed by atoms with Crippen LogP contribution in [0.2, 0.25) is 0 Å². The lowest BCUT2D eigenvalue weighted by molar-refractivity contribution is 0.303. The molecule has 0 radical (unpaired) electrons. The Hall–Kier alpha value is -0.800. The fourth-order valence-electron chi connectivity index (χ4n) is 1.99. The summed E-state index contributed by atoms with van der Waals surface area (Å²) in [6, 6.07) is 6.49. The van der Waals surface area contributed by atoms with Gasteiger partial charge < -0.3 is 10.5 Å². The van der Waals surface area contributed by atoms with E-state index in [-0.39, 0.29) is 6.04 Å². The molecule has 0 saturated carbocycles. The van der Waals surface area contributed by atoms with Crippen LogP contribution in [-0.4, -0.2) is 12.6 Å². The van der Waals surface area contributed by atoms with Gasteiger partial charge in [0, 0.05) is 6.04 Å². The summed E-state index contributed by atoms with van der Waals surface area (Å²) < 4.78 is 6.82. The van der Waals surface area contributed by atoms with Gasteiger partial charge in [-0.15, -0.1) is 6.58 Å². The van der Waals surface area contributed by atoms with Gasteiger partial charge >= 0.3 is 0 Å². The van der Waals surface area contributed by atoms with E-state index in [4.69, 9.17) is 10.5 Å². The number of nitrogens with two attached hydrogens (primary N) is 1. The molecule has 1 aromatic rings. The van der Waals surface area contributed by atoms with Gasteiger partial charge in [-0.2, -0.15) is 0 Å². The lowest BCUT2D eigenvalue weighted by atomic mass is 10.0. The fraction of sp³-hybridized carbons (Fsp3) is 0.529. The van der Waals surface area contributed by atoms with Crippen LogP contribution in [0.15, 0.2) is 35.3 Å². The van der Waals surface area contributed by atoms with Crippen molar-refractivity contribution in [2.75, 3.05) is 6.61 Å². The van der Waals surface area contributed by atoms with Crippen LogP contribution in [0.3, 0.4) is 0 Å². The average Bonchev–Trinajstić information content (AvgIpc) is 2.44. The highest BCUT2D eigenvalue weighted by Crippen LogP contribution is 2.26. The molecule has 0 heterocycles. The van der Waals surface area contributed by atoms with Gasteiger partial charge in [0.2, 0.25) is 0 Å². The third-order valence-electron chi connectivity index (χ3n) is 3.33. The first-order valence-corrected chi connectivity index (χ1v) is 8.24. The predicted molar refractivity (Wildman–Crippen MR) is 90.3 cm³/mol. The summed E-state index contributed by atoms with van der Waals surface area (Å²) in [7, 11) is 0. The van der Waals surface area contributed by atoms with E-state index in [9.17, 15) is 0 Å². The molecule has 0 fully saturated rings. The summed E-state index contributed by atoms with van der Waals surface area (Å²) in [6.45, 7) is 6.61. The number of ether oxygens (including phenoxy) is 1. The molecule has 20 heavy (non-hydrogen) atoms. The molecule has 0 aromatic heterocycles. The molecule has 1 rings (SSSR count). The number of rotatable bonds is 10. The Morgan fingerprint density at radius 1 is 1.35 bits per heavy atom. The van der Waals surface area contributed by atoms with Gasteiger partial charge in [-0.05, 0) is 72.2 Å². The molecule has 1 aromatic carbocycles. The van der Waals surface area contributed by atoms with Crippen LogP contribution < -0.4 is 10.5 Å². The molecular formula is C17H26BrNO. The summed E-state index contributed by atoms with van der Waals surface area (Å²) in [5.41, 5.74) is 7.23. The zero-order valence-electron chi connectivity index (χ0n) is 12.4. The number of allylic oxidation sites excluding steroid dienone is 1. The molecule has 2 N–H and O–H groups in total. The average molecular weight is 340 g/mol. The second-order valence-electron chi connectivity index (χ2n) is 5.12. The van der Waals surface area contributed by atoms with Crippen molar-refractivity contribution in [1.29, 1.82) is 0 Å². The van der Waals surface area contributed by atoms with Crippen LogP contribution in [0.5, 0.6) is 5.75 Å². The zero-order valence-corrected chi connectivity index (χ0v) is 14.0. The van der Waals surface area contributed by atoms with E-state index in [1.807, 2.05) is 12.1 Å². The van der Waals surface area contributed by atoms with E-state index in [2.05, 4.69) is 41.6 Å². The quantitative estimate of drug-likeness (QED) is 0.488. The van der Waals surface area contributed by atoms with Crippen molar-refractivity contribution in [3.05, 3.63) is 40.9 Å². The smallest absolute Gasteiger partial charge is 0.133 e. The van der Waals surface area contributed by atoms with Gasteiger partial charge in [-0.3, -0.25) is 0 Å². The third kappa shape index (κ3) is 6.58. The summed E-state index contributed by atoms with van der Waals surface area (Å²) in [4.78, 5) is 0. The summed E-state index contributed by atoms with van der Waals surface area (Å²) in [5, 5.41) is 0. The number of halogens is 1. The molecule has 1 unspecified atom stereocenters. The maximum absolute atomic E-state index is 5.98. The molecule has 0 saturated heterocycles. The van der Waals surface area contributed by atoms with E-state index in [1.165, 1.54) is 18.4 Å². The highest BCUT2D eigenvalue weighted by atomic mass is 79.9. The maximum Gasteiger partial charge on any atom is 0.133 e. The SMILES string of the molecule is C=CCCCCCOc1ccc(CC(N)CC)cc1Br.